The normalized spacial score (nSPS) is 12.6. The number of hydrogen-bond donors (Lipinski definition) is 2. The second-order valence-corrected chi connectivity index (χ2v) is 5.19. The molecule has 0 unspecified atom stereocenters. The standard InChI is InChI=1S/C9H12F3N3O3S/c10-9(11,12)6-18-5-4-15-19(16,17)7-2-1-3-14-8(7)13/h1-3,15H,4-6H2,(H2,13,14). The lowest BCUT2D eigenvalue weighted by molar-refractivity contribution is -0.173. The molecule has 0 radical (unpaired) electrons. The number of sulfonamides is 1. The minimum absolute atomic E-state index is 0.189. The fraction of sp³-hybridized carbons (Fsp3) is 0.444. The lowest BCUT2D eigenvalue weighted by Gasteiger charge is -2.09. The summed E-state index contributed by atoms with van der Waals surface area (Å²) < 4.78 is 65.0. The zero-order valence-electron chi connectivity index (χ0n) is 9.64. The Morgan fingerprint density at radius 3 is 2.68 bits per heavy atom. The van der Waals surface area contributed by atoms with Gasteiger partial charge in [-0.1, -0.05) is 0 Å². The molecule has 0 atom stereocenters. The fourth-order valence-corrected chi connectivity index (χ4v) is 2.24. The highest BCUT2D eigenvalue weighted by molar-refractivity contribution is 7.89. The van der Waals surface area contributed by atoms with Crippen LogP contribution >= 0.6 is 0 Å². The number of rotatable bonds is 6. The lowest BCUT2D eigenvalue weighted by atomic mass is 10.5. The zero-order chi connectivity index (χ0) is 14.5. The number of nitrogen functional groups attached to an aromatic ring is 1. The summed E-state index contributed by atoms with van der Waals surface area (Å²) in [6.07, 6.45) is -3.12. The molecule has 0 aromatic carbocycles. The first kappa shape index (κ1) is 15.7. The van der Waals surface area contributed by atoms with Crippen molar-refractivity contribution in [1.82, 2.24) is 9.71 Å². The maximum Gasteiger partial charge on any atom is 0.411 e. The highest BCUT2D eigenvalue weighted by Crippen LogP contribution is 2.15. The van der Waals surface area contributed by atoms with Gasteiger partial charge in [0.2, 0.25) is 10.0 Å². The zero-order valence-corrected chi connectivity index (χ0v) is 10.5. The van der Waals surface area contributed by atoms with E-state index >= 15 is 0 Å². The first-order valence-corrected chi connectivity index (χ1v) is 6.55. The van der Waals surface area contributed by atoms with Gasteiger partial charge in [0.05, 0.1) is 6.61 Å². The summed E-state index contributed by atoms with van der Waals surface area (Å²) in [4.78, 5) is 3.37. The van der Waals surface area contributed by atoms with Crippen molar-refractivity contribution >= 4 is 15.8 Å². The molecule has 108 valence electrons. The van der Waals surface area contributed by atoms with Crippen LogP contribution in [0.5, 0.6) is 0 Å². The molecule has 0 bridgehead atoms. The van der Waals surface area contributed by atoms with Gasteiger partial charge in [-0.2, -0.15) is 13.2 Å². The molecule has 3 N–H and O–H groups in total. The molecule has 1 rings (SSSR count). The van der Waals surface area contributed by atoms with Crippen LogP contribution in [0.2, 0.25) is 0 Å². The predicted molar refractivity (Wildman–Crippen MR) is 60.7 cm³/mol. The highest BCUT2D eigenvalue weighted by atomic mass is 32.2. The van der Waals surface area contributed by atoms with Crippen LogP contribution in [0.4, 0.5) is 19.0 Å². The van der Waals surface area contributed by atoms with E-state index in [1.807, 2.05) is 0 Å². The van der Waals surface area contributed by atoms with Crippen molar-refractivity contribution < 1.29 is 26.3 Å². The Kier molecular flexibility index (Phi) is 5.09. The quantitative estimate of drug-likeness (QED) is 0.747. The minimum atomic E-state index is -4.44. The minimum Gasteiger partial charge on any atom is -0.383 e. The van der Waals surface area contributed by atoms with Gasteiger partial charge in [0.1, 0.15) is 17.3 Å². The van der Waals surface area contributed by atoms with Crippen LogP contribution in [0.3, 0.4) is 0 Å². The number of alkyl halides is 3. The van der Waals surface area contributed by atoms with Gasteiger partial charge in [-0.3, -0.25) is 0 Å². The number of ether oxygens (including phenoxy) is 1. The Bertz CT molecular complexity index is 519. The molecule has 0 amide bonds. The summed E-state index contributed by atoms with van der Waals surface area (Å²) in [7, 11) is -3.91. The SMILES string of the molecule is Nc1ncccc1S(=O)(=O)NCCOCC(F)(F)F. The second-order valence-electron chi connectivity index (χ2n) is 3.45. The molecular weight excluding hydrogens is 287 g/mol. The van der Waals surface area contributed by atoms with Crippen molar-refractivity contribution in [2.45, 2.75) is 11.1 Å². The molecule has 1 aromatic heterocycles. The topological polar surface area (TPSA) is 94.3 Å². The van der Waals surface area contributed by atoms with Gasteiger partial charge in [0.25, 0.3) is 0 Å². The van der Waals surface area contributed by atoms with Gasteiger partial charge in [0, 0.05) is 12.7 Å². The summed E-state index contributed by atoms with van der Waals surface area (Å²) in [5.41, 5.74) is 5.38. The van der Waals surface area contributed by atoms with Crippen molar-refractivity contribution in [3.63, 3.8) is 0 Å². The van der Waals surface area contributed by atoms with Crippen LogP contribution in [-0.4, -0.2) is 39.3 Å². The summed E-state index contributed by atoms with van der Waals surface area (Å²) >= 11 is 0. The predicted octanol–water partition coefficient (Wildman–Crippen LogP) is 0.521. The van der Waals surface area contributed by atoms with Gasteiger partial charge >= 0.3 is 6.18 Å². The number of hydrogen-bond acceptors (Lipinski definition) is 5. The number of anilines is 1. The van der Waals surface area contributed by atoms with E-state index in [-0.39, 0.29) is 17.3 Å². The Balaban J connectivity index is 2.47. The molecular formula is C9H12F3N3O3S. The van der Waals surface area contributed by atoms with Gasteiger partial charge in [-0.05, 0) is 12.1 Å². The summed E-state index contributed by atoms with van der Waals surface area (Å²) in [5.74, 6) is -0.189. The molecule has 0 saturated heterocycles. The van der Waals surface area contributed by atoms with Crippen molar-refractivity contribution in [3.05, 3.63) is 18.3 Å². The third-order valence-electron chi connectivity index (χ3n) is 1.89. The summed E-state index contributed by atoms with van der Waals surface area (Å²) in [6, 6.07) is 2.62. The first-order valence-electron chi connectivity index (χ1n) is 5.07. The van der Waals surface area contributed by atoms with Crippen molar-refractivity contribution in [1.29, 1.82) is 0 Å². The second kappa shape index (κ2) is 6.17. The van der Waals surface area contributed by atoms with E-state index < -0.39 is 29.4 Å². The van der Waals surface area contributed by atoms with Gasteiger partial charge in [-0.15, -0.1) is 0 Å². The molecule has 10 heteroatoms. The molecule has 0 spiro atoms. The smallest absolute Gasteiger partial charge is 0.383 e. The van der Waals surface area contributed by atoms with Crippen LogP contribution in [0, 0.1) is 0 Å². The average Bonchev–Trinajstić information content (AvgIpc) is 2.27. The Hall–Kier alpha value is -1.39. The maximum atomic E-state index is 11.7. The van der Waals surface area contributed by atoms with E-state index in [0.717, 1.165) is 0 Å². The largest absolute Gasteiger partial charge is 0.411 e. The van der Waals surface area contributed by atoms with E-state index in [4.69, 9.17) is 5.73 Å². The first-order chi connectivity index (χ1) is 8.72. The van der Waals surface area contributed by atoms with Gasteiger partial charge < -0.3 is 10.5 Å². The van der Waals surface area contributed by atoms with Crippen LogP contribution in [0.15, 0.2) is 23.2 Å². The monoisotopic (exact) mass is 299 g/mol. The third kappa shape index (κ3) is 5.41. The molecule has 0 aliphatic rings. The maximum absolute atomic E-state index is 11.7. The van der Waals surface area contributed by atoms with Crippen LogP contribution < -0.4 is 10.5 Å². The Labute approximate surface area is 107 Å². The molecule has 1 heterocycles. The molecule has 6 nitrogen and oxygen atoms in total. The van der Waals surface area contributed by atoms with Gasteiger partial charge in [-0.25, -0.2) is 18.1 Å². The van der Waals surface area contributed by atoms with Crippen LogP contribution in [0.25, 0.3) is 0 Å². The molecule has 0 saturated carbocycles. The number of nitrogens with zero attached hydrogens (tertiary/aromatic N) is 1. The molecule has 0 aliphatic heterocycles. The number of pyridine rings is 1. The van der Waals surface area contributed by atoms with Gasteiger partial charge in [0.15, 0.2) is 0 Å². The molecule has 0 aliphatic carbocycles. The lowest BCUT2D eigenvalue weighted by Crippen LogP contribution is -2.29. The number of halogens is 3. The van der Waals surface area contributed by atoms with E-state index in [0.29, 0.717) is 0 Å². The summed E-state index contributed by atoms with van der Waals surface area (Å²) in [6.45, 7) is -2.13. The van der Waals surface area contributed by atoms with Crippen LogP contribution in [-0.2, 0) is 14.8 Å². The number of aromatic nitrogens is 1. The fourth-order valence-electron chi connectivity index (χ4n) is 1.14. The van der Waals surface area contributed by atoms with Crippen molar-refractivity contribution in [2.75, 3.05) is 25.5 Å². The highest BCUT2D eigenvalue weighted by Gasteiger charge is 2.27. The van der Waals surface area contributed by atoms with Crippen molar-refractivity contribution in [3.8, 4) is 0 Å². The van der Waals surface area contributed by atoms with E-state index in [1.165, 1.54) is 18.3 Å². The summed E-state index contributed by atoms with van der Waals surface area (Å²) in [5, 5.41) is 0. The molecule has 1 aromatic rings. The number of nitrogens with two attached hydrogens (primary N) is 1. The number of nitrogens with one attached hydrogen (secondary N) is 1. The van der Waals surface area contributed by atoms with Crippen LogP contribution in [0.1, 0.15) is 0 Å². The average molecular weight is 299 g/mol. The Morgan fingerprint density at radius 2 is 2.11 bits per heavy atom. The van der Waals surface area contributed by atoms with Crippen molar-refractivity contribution in [2.24, 2.45) is 0 Å². The molecule has 0 fully saturated rings. The van der Waals surface area contributed by atoms with E-state index in [9.17, 15) is 21.6 Å². The third-order valence-corrected chi connectivity index (χ3v) is 3.40. The van der Waals surface area contributed by atoms with E-state index in [1.54, 1.807) is 0 Å². The molecule has 19 heavy (non-hydrogen) atoms. The van der Waals surface area contributed by atoms with E-state index in [2.05, 4.69) is 14.4 Å². The Morgan fingerprint density at radius 1 is 1.42 bits per heavy atom.